The van der Waals surface area contributed by atoms with Gasteiger partial charge in [-0.1, -0.05) is 81.6 Å². The fourth-order valence-electron chi connectivity index (χ4n) is 4.65. The first kappa shape index (κ1) is 24.4. The largest absolute Gasteiger partial charge is 0.352 e. The normalized spacial score (nSPS) is 24.1. The smallest absolute Gasteiger partial charge is 0.244 e. The van der Waals surface area contributed by atoms with Gasteiger partial charge in [0.15, 0.2) is 0 Å². The zero-order valence-corrected chi connectivity index (χ0v) is 20.2. The average Bonchev–Trinajstić information content (AvgIpc) is 2.70. The van der Waals surface area contributed by atoms with E-state index in [1.807, 2.05) is 19.1 Å². The van der Waals surface area contributed by atoms with Crippen LogP contribution in [0.4, 0.5) is 0 Å². The SMILES string of the molecule is CC1=C(/C=C/C(C)=C/C=C/C(C)=C\C(=O)NCC2CCCCC2)C(C)(C)CCC1C. The fraction of sp³-hybridized carbons (Fsp3) is 0.607. The second kappa shape index (κ2) is 11.5. The molecule has 1 amide bonds. The van der Waals surface area contributed by atoms with Crippen LogP contribution < -0.4 is 5.32 Å². The number of hydrogen-bond donors (Lipinski definition) is 1. The highest BCUT2D eigenvalue weighted by Crippen LogP contribution is 2.43. The third kappa shape index (κ3) is 7.78. The molecule has 0 aliphatic heterocycles. The zero-order chi connectivity index (χ0) is 22.1. The van der Waals surface area contributed by atoms with Gasteiger partial charge in [-0.05, 0) is 74.9 Å². The van der Waals surface area contributed by atoms with Gasteiger partial charge >= 0.3 is 0 Å². The first-order chi connectivity index (χ1) is 14.2. The van der Waals surface area contributed by atoms with Crippen molar-refractivity contribution >= 4 is 5.91 Å². The van der Waals surface area contributed by atoms with Gasteiger partial charge < -0.3 is 5.32 Å². The Kier molecular flexibility index (Phi) is 9.39. The molecule has 0 bridgehead atoms. The van der Waals surface area contributed by atoms with Crippen LogP contribution in [-0.4, -0.2) is 12.5 Å². The summed E-state index contributed by atoms with van der Waals surface area (Å²) in [4.78, 5) is 12.1. The molecule has 2 rings (SSSR count). The third-order valence-corrected chi connectivity index (χ3v) is 6.98. The number of amides is 1. The maximum Gasteiger partial charge on any atom is 0.244 e. The van der Waals surface area contributed by atoms with E-state index in [9.17, 15) is 4.79 Å². The summed E-state index contributed by atoms with van der Waals surface area (Å²) < 4.78 is 0. The van der Waals surface area contributed by atoms with Crippen molar-refractivity contribution in [2.45, 2.75) is 86.5 Å². The molecule has 0 aromatic heterocycles. The monoisotopic (exact) mass is 409 g/mol. The van der Waals surface area contributed by atoms with Crippen molar-refractivity contribution in [3.63, 3.8) is 0 Å². The molecule has 2 aliphatic rings. The van der Waals surface area contributed by atoms with Crippen LogP contribution in [0.5, 0.6) is 0 Å². The van der Waals surface area contributed by atoms with Gasteiger partial charge in [0.05, 0.1) is 0 Å². The minimum absolute atomic E-state index is 0.0272. The second-order valence-corrected chi connectivity index (χ2v) is 10.2. The number of carbonyl (C=O) groups is 1. The predicted molar refractivity (Wildman–Crippen MR) is 130 cm³/mol. The molecule has 0 aromatic carbocycles. The third-order valence-electron chi connectivity index (χ3n) is 6.98. The van der Waals surface area contributed by atoms with Crippen molar-refractivity contribution in [1.29, 1.82) is 0 Å². The molecule has 2 nitrogen and oxygen atoms in total. The summed E-state index contributed by atoms with van der Waals surface area (Å²) in [5.41, 5.74) is 5.47. The Morgan fingerprint density at radius 3 is 2.47 bits per heavy atom. The van der Waals surface area contributed by atoms with E-state index in [1.54, 1.807) is 6.08 Å². The summed E-state index contributed by atoms with van der Waals surface area (Å²) in [5.74, 6) is 1.37. The topological polar surface area (TPSA) is 29.1 Å². The molecule has 2 aliphatic carbocycles. The van der Waals surface area contributed by atoms with Crippen molar-refractivity contribution in [3.8, 4) is 0 Å². The Morgan fingerprint density at radius 1 is 1.07 bits per heavy atom. The molecule has 1 fully saturated rings. The van der Waals surface area contributed by atoms with Crippen molar-refractivity contribution in [3.05, 3.63) is 58.7 Å². The van der Waals surface area contributed by atoms with Crippen LogP contribution in [0.2, 0.25) is 0 Å². The molecule has 0 spiro atoms. The van der Waals surface area contributed by atoms with E-state index in [2.05, 4.69) is 58.2 Å². The summed E-state index contributed by atoms with van der Waals surface area (Å²) >= 11 is 0. The molecular weight excluding hydrogens is 366 g/mol. The lowest BCUT2D eigenvalue weighted by Crippen LogP contribution is -2.29. The van der Waals surface area contributed by atoms with E-state index in [4.69, 9.17) is 0 Å². The Balaban J connectivity index is 1.88. The molecule has 1 N–H and O–H groups in total. The van der Waals surface area contributed by atoms with Crippen molar-refractivity contribution in [2.75, 3.05) is 6.54 Å². The van der Waals surface area contributed by atoms with Gasteiger partial charge in [0, 0.05) is 12.6 Å². The fourth-order valence-corrected chi connectivity index (χ4v) is 4.65. The van der Waals surface area contributed by atoms with E-state index >= 15 is 0 Å². The maximum atomic E-state index is 12.1. The summed E-state index contributed by atoms with van der Waals surface area (Å²) in [7, 11) is 0. The van der Waals surface area contributed by atoms with Gasteiger partial charge in [-0.15, -0.1) is 0 Å². The molecule has 0 radical (unpaired) electrons. The van der Waals surface area contributed by atoms with Crippen LogP contribution in [-0.2, 0) is 4.79 Å². The molecule has 0 saturated heterocycles. The molecule has 166 valence electrons. The number of hydrogen-bond acceptors (Lipinski definition) is 1. The van der Waals surface area contributed by atoms with E-state index < -0.39 is 0 Å². The first-order valence-corrected chi connectivity index (χ1v) is 11.9. The van der Waals surface area contributed by atoms with Gasteiger partial charge in [-0.2, -0.15) is 0 Å². The average molecular weight is 410 g/mol. The number of rotatable bonds is 7. The standard InChI is InChI=1S/C28H43NO/c1-21(15-16-26-24(4)23(3)17-18-28(26,5)6)11-10-12-22(2)19-27(30)29-20-25-13-8-7-9-14-25/h10-12,15-16,19,23,25H,7-9,13-14,17-18,20H2,1-6H3,(H,29,30)/b12-10+,16-15+,21-11+,22-19-. The lowest BCUT2D eigenvalue weighted by Gasteiger charge is -2.36. The van der Waals surface area contributed by atoms with Crippen LogP contribution in [0.15, 0.2) is 58.7 Å². The summed E-state index contributed by atoms with van der Waals surface area (Å²) in [6.07, 6.45) is 21.4. The van der Waals surface area contributed by atoms with Crippen molar-refractivity contribution in [1.82, 2.24) is 5.32 Å². The molecule has 0 heterocycles. The van der Waals surface area contributed by atoms with Gasteiger partial charge in [-0.3, -0.25) is 4.79 Å². The first-order valence-electron chi connectivity index (χ1n) is 11.9. The predicted octanol–water partition coefficient (Wildman–Crippen LogP) is 7.46. The number of allylic oxidation sites excluding steroid dienone is 9. The number of nitrogens with one attached hydrogen (secondary N) is 1. The van der Waals surface area contributed by atoms with Gasteiger partial charge in [-0.25, -0.2) is 0 Å². The van der Waals surface area contributed by atoms with Gasteiger partial charge in [0.25, 0.3) is 0 Å². The Labute approximate surface area is 185 Å². The highest BCUT2D eigenvalue weighted by atomic mass is 16.1. The summed E-state index contributed by atoms with van der Waals surface area (Å²) in [6.45, 7) is 14.3. The highest BCUT2D eigenvalue weighted by Gasteiger charge is 2.29. The lowest BCUT2D eigenvalue weighted by molar-refractivity contribution is -0.116. The lowest BCUT2D eigenvalue weighted by atomic mass is 9.69. The van der Waals surface area contributed by atoms with E-state index in [0.29, 0.717) is 11.8 Å². The van der Waals surface area contributed by atoms with Gasteiger partial charge in [0.1, 0.15) is 0 Å². The van der Waals surface area contributed by atoms with Crippen LogP contribution in [0.3, 0.4) is 0 Å². The molecule has 1 unspecified atom stereocenters. The van der Waals surface area contributed by atoms with E-state index in [0.717, 1.165) is 12.1 Å². The molecule has 0 aromatic rings. The molecule has 1 saturated carbocycles. The highest BCUT2D eigenvalue weighted by molar-refractivity contribution is 5.88. The van der Waals surface area contributed by atoms with E-state index in [1.165, 1.54) is 61.7 Å². The van der Waals surface area contributed by atoms with Crippen LogP contribution >= 0.6 is 0 Å². The number of carbonyl (C=O) groups excluding carboxylic acids is 1. The van der Waals surface area contributed by atoms with Crippen LogP contribution in [0, 0.1) is 17.3 Å². The Hall–Kier alpha value is -1.83. The zero-order valence-electron chi connectivity index (χ0n) is 20.2. The molecule has 1 atom stereocenters. The quantitative estimate of drug-likeness (QED) is 0.343. The van der Waals surface area contributed by atoms with Gasteiger partial charge in [0.2, 0.25) is 5.91 Å². The minimum atomic E-state index is 0.0272. The minimum Gasteiger partial charge on any atom is -0.352 e. The summed E-state index contributed by atoms with van der Waals surface area (Å²) in [6, 6.07) is 0. The molecular formula is C28H43NO. The van der Waals surface area contributed by atoms with Crippen LogP contribution in [0.1, 0.15) is 86.5 Å². The maximum absolute atomic E-state index is 12.1. The Morgan fingerprint density at radius 2 is 1.77 bits per heavy atom. The summed E-state index contributed by atoms with van der Waals surface area (Å²) in [5, 5.41) is 3.07. The Bertz CT molecular complexity index is 739. The molecule has 30 heavy (non-hydrogen) atoms. The van der Waals surface area contributed by atoms with Crippen molar-refractivity contribution < 1.29 is 4.79 Å². The van der Waals surface area contributed by atoms with Crippen LogP contribution in [0.25, 0.3) is 0 Å². The van der Waals surface area contributed by atoms with Crippen molar-refractivity contribution in [2.24, 2.45) is 17.3 Å². The van der Waals surface area contributed by atoms with E-state index in [-0.39, 0.29) is 11.3 Å². The second-order valence-electron chi connectivity index (χ2n) is 10.2. The molecule has 2 heteroatoms.